The van der Waals surface area contributed by atoms with Gasteiger partial charge in [-0.1, -0.05) is 60.7 Å². The number of nitrogens with one attached hydrogen (secondary N) is 2. The van der Waals surface area contributed by atoms with E-state index in [4.69, 9.17) is 0 Å². The van der Waals surface area contributed by atoms with Crippen molar-refractivity contribution in [2.24, 2.45) is 0 Å². The maximum absolute atomic E-state index is 13.2. The van der Waals surface area contributed by atoms with Crippen molar-refractivity contribution < 1.29 is 17.7 Å². The number of benzene rings is 3. The van der Waals surface area contributed by atoms with Crippen LogP contribution >= 0.6 is 0 Å². The minimum atomic E-state index is -3.83. The molecule has 4 nitrogen and oxygen atoms in total. The summed E-state index contributed by atoms with van der Waals surface area (Å²) >= 11 is 0. The Morgan fingerprint density at radius 1 is 0.897 bits per heavy atom. The molecular formula is C23H26FN2O2S+. The van der Waals surface area contributed by atoms with Gasteiger partial charge in [0.05, 0.1) is 11.9 Å². The van der Waals surface area contributed by atoms with Gasteiger partial charge in [-0.15, -0.1) is 0 Å². The molecule has 3 aromatic carbocycles. The van der Waals surface area contributed by atoms with Crippen LogP contribution in [0.1, 0.15) is 18.1 Å². The first-order chi connectivity index (χ1) is 13.8. The van der Waals surface area contributed by atoms with Gasteiger partial charge in [0.1, 0.15) is 24.4 Å². The summed E-state index contributed by atoms with van der Waals surface area (Å²) in [6.45, 7) is 3.19. The molecule has 3 aromatic rings. The van der Waals surface area contributed by atoms with E-state index in [2.05, 4.69) is 16.9 Å². The van der Waals surface area contributed by atoms with E-state index < -0.39 is 21.4 Å². The molecule has 0 saturated heterocycles. The molecule has 0 aliphatic carbocycles. The Morgan fingerprint density at radius 2 is 1.45 bits per heavy atom. The second-order valence-electron chi connectivity index (χ2n) is 7.55. The van der Waals surface area contributed by atoms with Gasteiger partial charge in [0, 0.05) is 5.56 Å². The molecule has 3 rings (SSSR count). The first-order valence-corrected chi connectivity index (χ1v) is 11.0. The molecule has 0 heterocycles. The number of sulfonamides is 1. The van der Waals surface area contributed by atoms with E-state index in [9.17, 15) is 12.8 Å². The van der Waals surface area contributed by atoms with Crippen molar-refractivity contribution in [1.29, 1.82) is 0 Å². The topological polar surface area (TPSA) is 50.6 Å². The molecule has 0 amide bonds. The van der Waals surface area contributed by atoms with Crippen LogP contribution in [0.15, 0.2) is 89.8 Å². The molecule has 0 radical (unpaired) electrons. The maximum Gasteiger partial charge on any atom is 0.241 e. The van der Waals surface area contributed by atoms with E-state index in [-0.39, 0.29) is 4.90 Å². The van der Waals surface area contributed by atoms with Crippen LogP contribution < -0.4 is 9.62 Å². The summed E-state index contributed by atoms with van der Waals surface area (Å²) < 4.78 is 42.2. The van der Waals surface area contributed by atoms with Crippen molar-refractivity contribution in [3.63, 3.8) is 0 Å². The van der Waals surface area contributed by atoms with E-state index >= 15 is 0 Å². The molecule has 0 saturated carbocycles. The number of quaternary nitrogens is 1. The minimum absolute atomic E-state index is 0.0433. The number of hydrogen-bond acceptors (Lipinski definition) is 2. The lowest BCUT2D eigenvalue weighted by atomic mass is 9.92. The lowest BCUT2D eigenvalue weighted by Crippen LogP contribution is -3.09. The molecule has 29 heavy (non-hydrogen) atoms. The van der Waals surface area contributed by atoms with Gasteiger partial charge in [0.2, 0.25) is 10.0 Å². The molecule has 0 fully saturated rings. The molecule has 0 aliphatic rings. The van der Waals surface area contributed by atoms with Crippen LogP contribution in [-0.2, 0) is 22.1 Å². The highest BCUT2D eigenvalue weighted by Gasteiger charge is 2.35. The molecule has 0 bridgehead atoms. The van der Waals surface area contributed by atoms with Gasteiger partial charge in [-0.25, -0.2) is 12.8 Å². The second kappa shape index (κ2) is 8.86. The monoisotopic (exact) mass is 413 g/mol. The van der Waals surface area contributed by atoms with Gasteiger partial charge < -0.3 is 4.90 Å². The highest BCUT2D eigenvalue weighted by atomic mass is 32.2. The third-order valence-corrected chi connectivity index (χ3v) is 6.51. The van der Waals surface area contributed by atoms with E-state index in [0.29, 0.717) is 6.54 Å². The molecule has 2 N–H and O–H groups in total. The fraction of sp³-hybridized carbons (Fsp3) is 0.217. The van der Waals surface area contributed by atoms with Crippen molar-refractivity contribution >= 4 is 10.0 Å². The Balaban J connectivity index is 1.88. The van der Waals surface area contributed by atoms with Crippen molar-refractivity contribution in [3.8, 4) is 0 Å². The van der Waals surface area contributed by atoms with Crippen molar-refractivity contribution in [1.82, 2.24) is 4.72 Å². The lowest BCUT2D eigenvalue weighted by molar-refractivity contribution is -0.898. The van der Waals surface area contributed by atoms with E-state index in [0.717, 1.165) is 29.1 Å². The quantitative estimate of drug-likeness (QED) is 0.597. The SMILES string of the molecule is C[NH+](Cc1ccccc1)C[C@](C)(NS(=O)(=O)c1ccc(F)cc1)c1ccccc1. The second-order valence-corrected chi connectivity index (χ2v) is 9.24. The van der Waals surface area contributed by atoms with Gasteiger partial charge >= 0.3 is 0 Å². The molecule has 1 unspecified atom stereocenters. The summed E-state index contributed by atoms with van der Waals surface area (Å²) in [5.74, 6) is -0.471. The zero-order chi connectivity index (χ0) is 20.9. The Kier molecular flexibility index (Phi) is 6.47. The van der Waals surface area contributed by atoms with E-state index in [1.165, 1.54) is 17.7 Å². The average Bonchev–Trinajstić information content (AvgIpc) is 2.69. The van der Waals surface area contributed by atoms with Crippen LogP contribution in [0.25, 0.3) is 0 Å². The molecule has 6 heteroatoms. The summed E-state index contributed by atoms with van der Waals surface area (Å²) in [6.07, 6.45) is 0. The number of likely N-dealkylation sites (N-methyl/N-ethyl adjacent to an activating group) is 1. The van der Waals surface area contributed by atoms with Crippen molar-refractivity contribution in [3.05, 3.63) is 102 Å². The van der Waals surface area contributed by atoms with Crippen LogP contribution in [0.2, 0.25) is 0 Å². The van der Waals surface area contributed by atoms with Gasteiger partial charge in [-0.2, -0.15) is 4.72 Å². The van der Waals surface area contributed by atoms with Crippen LogP contribution in [0.5, 0.6) is 0 Å². The Bertz CT molecular complexity index is 1030. The Labute approximate surface area is 172 Å². The number of hydrogen-bond donors (Lipinski definition) is 2. The molecule has 0 aromatic heterocycles. The summed E-state index contributed by atoms with van der Waals surface area (Å²) in [7, 11) is -1.79. The molecular weight excluding hydrogens is 387 g/mol. The Hall–Kier alpha value is -2.54. The molecule has 0 aliphatic heterocycles. The van der Waals surface area contributed by atoms with Crippen LogP contribution in [0.4, 0.5) is 4.39 Å². The Morgan fingerprint density at radius 3 is 2.03 bits per heavy atom. The molecule has 2 atom stereocenters. The van der Waals surface area contributed by atoms with E-state index in [1.807, 2.05) is 62.5 Å². The third-order valence-electron chi connectivity index (χ3n) is 4.90. The predicted molar refractivity (Wildman–Crippen MR) is 112 cm³/mol. The fourth-order valence-electron chi connectivity index (χ4n) is 3.58. The summed E-state index contributed by atoms with van der Waals surface area (Å²) in [5, 5.41) is 0. The standard InChI is InChI=1S/C23H25FN2O2S/c1-23(20-11-7-4-8-12-20,18-26(2)17-19-9-5-3-6-10-19)25-29(27,28)22-15-13-21(24)14-16-22/h3-16,25H,17-18H2,1-2H3/p+1/t23-/m0/s1. The summed E-state index contributed by atoms with van der Waals surface area (Å²) in [6, 6.07) is 24.5. The van der Waals surface area contributed by atoms with Crippen molar-refractivity contribution in [2.45, 2.75) is 23.9 Å². The number of halogens is 1. The third kappa shape index (κ3) is 5.50. The first kappa shape index (κ1) is 21.2. The van der Waals surface area contributed by atoms with E-state index in [1.54, 1.807) is 0 Å². The lowest BCUT2D eigenvalue weighted by Gasteiger charge is -2.33. The van der Waals surface area contributed by atoms with Crippen LogP contribution in [-0.4, -0.2) is 22.0 Å². The van der Waals surface area contributed by atoms with Gasteiger partial charge in [-0.3, -0.25) is 0 Å². The van der Waals surface area contributed by atoms with Gasteiger partial charge in [-0.05, 0) is 36.8 Å². The normalized spacial score (nSPS) is 14.9. The minimum Gasteiger partial charge on any atom is -0.332 e. The highest BCUT2D eigenvalue weighted by Crippen LogP contribution is 2.23. The average molecular weight is 414 g/mol. The predicted octanol–water partition coefficient (Wildman–Crippen LogP) is 2.73. The van der Waals surface area contributed by atoms with Crippen LogP contribution in [0.3, 0.4) is 0 Å². The van der Waals surface area contributed by atoms with Crippen LogP contribution in [0, 0.1) is 5.82 Å². The zero-order valence-corrected chi connectivity index (χ0v) is 17.4. The molecule has 0 spiro atoms. The highest BCUT2D eigenvalue weighted by molar-refractivity contribution is 7.89. The summed E-state index contributed by atoms with van der Waals surface area (Å²) in [4.78, 5) is 1.20. The first-order valence-electron chi connectivity index (χ1n) is 9.49. The number of rotatable bonds is 8. The zero-order valence-electron chi connectivity index (χ0n) is 16.6. The summed E-state index contributed by atoms with van der Waals surface area (Å²) in [5.41, 5.74) is 1.22. The largest absolute Gasteiger partial charge is 0.332 e. The van der Waals surface area contributed by atoms with Gasteiger partial charge in [0.15, 0.2) is 0 Å². The smallest absolute Gasteiger partial charge is 0.241 e. The fourth-order valence-corrected chi connectivity index (χ4v) is 4.98. The van der Waals surface area contributed by atoms with Crippen molar-refractivity contribution in [2.75, 3.05) is 13.6 Å². The molecule has 152 valence electrons. The van der Waals surface area contributed by atoms with Gasteiger partial charge in [0.25, 0.3) is 0 Å². The maximum atomic E-state index is 13.2.